The number of hydrogen-bond acceptors (Lipinski definition) is 1. The van der Waals surface area contributed by atoms with Crippen LogP contribution in [0.3, 0.4) is 0 Å². The van der Waals surface area contributed by atoms with Gasteiger partial charge in [0.2, 0.25) is 0 Å². The van der Waals surface area contributed by atoms with E-state index in [1.807, 2.05) is 19.1 Å². The predicted molar refractivity (Wildman–Crippen MR) is 113 cm³/mol. The number of benzene rings is 4. The van der Waals surface area contributed by atoms with Crippen LogP contribution in [0.1, 0.15) is 11.1 Å². The van der Waals surface area contributed by atoms with Crippen LogP contribution in [0.25, 0.3) is 22.3 Å². The van der Waals surface area contributed by atoms with Gasteiger partial charge in [0.1, 0.15) is 17.1 Å². The molecule has 4 aromatic rings. The van der Waals surface area contributed by atoms with Crippen molar-refractivity contribution in [1.29, 1.82) is 0 Å². The summed E-state index contributed by atoms with van der Waals surface area (Å²) in [6.45, 7) is 1.87. The van der Waals surface area contributed by atoms with E-state index < -0.39 is 57.9 Å². The number of ether oxygens (including phenoxy) is 1. The van der Waals surface area contributed by atoms with Crippen LogP contribution in [0.5, 0.6) is 5.75 Å². The van der Waals surface area contributed by atoms with Crippen molar-refractivity contribution in [3.05, 3.63) is 113 Å². The lowest BCUT2D eigenvalue weighted by Crippen LogP contribution is -2.24. The Morgan fingerprint density at radius 1 is 0.571 bits per heavy atom. The molecule has 35 heavy (non-hydrogen) atoms. The van der Waals surface area contributed by atoms with Crippen LogP contribution in [0.2, 0.25) is 0 Å². The number of halogens is 8. The largest absolute Gasteiger partial charge is 0.429 e. The summed E-state index contributed by atoms with van der Waals surface area (Å²) in [4.78, 5) is 0. The van der Waals surface area contributed by atoms with Crippen LogP contribution in [-0.4, -0.2) is 0 Å². The first-order valence-corrected chi connectivity index (χ1v) is 10.0. The summed E-state index contributed by atoms with van der Waals surface area (Å²) >= 11 is 0. The van der Waals surface area contributed by atoms with E-state index in [4.69, 9.17) is 0 Å². The van der Waals surface area contributed by atoms with E-state index in [9.17, 15) is 35.1 Å². The van der Waals surface area contributed by atoms with Gasteiger partial charge in [0.05, 0.1) is 0 Å². The highest BCUT2D eigenvalue weighted by atomic mass is 19.3. The van der Waals surface area contributed by atoms with Crippen molar-refractivity contribution >= 4 is 0 Å². The van der Waals surface area contributed by atoms with E-state index in [0.717, 1.165) is 17.7 Å². The van der Waals surface area contributed by atoms with Gasteiger partial charge in [0.25, 0.3) is 0 Å². The molecule has 0 saturated heterocycles. The molecule has 0 radical (unpaired) electrons. The summed E-state index contributed by atoms with van der Waals surface area (Å²) in [5.41, 5.74) is -0.500. The molecule has 0 aliphatic carbocycles. The molecule has 0 bridgehead atoms. The van der Waals surface area contributed by atoms with Crippen molar-refractivity contribution in [1.82, 2.24) is 0 Å². The minimum Gasteiger partial charge on any atom is -0.429 e. The molecule has 0 N–H and O–H groups in total. The van der Waals surface area contributed by atoms with Gasteiger partial charge in [-0.3, -0.25) is 0 Å². The Kier molecular flexibility index (Phi) is 6.27. The average Bonchev–Trinajstić information content (AvgIpc) is 2.79. The molecule has 0 unspecified atom stereocenters. The van der Waals surface area contributed by atoms with Crippen molar-refractivity contribution in [2.45, 2.75) is 13.0 Å². The SMILES string of the molecule is Cc1ccc(-c2ccc(-c3ccc(C(F)(F)Oc4cc(F)c(F)c(F)c4)c(F)c3F)c(F)c2)cc1. The Bertz CT molecular complexity index is 1390. The second kappa shape index (κ2) is 9.05. The number of aryl methyl sites for hydroxylation is 1. The molecule has 0 fully saturated rings. The van der Waals surface area contributed by atoms with Crippen LogP contribution < -0.4 is 4.74 Å². The normalized spacial score (nSPS) is 11.6. The van der Waals surface area contributed by atoms with Gasteiger partial charge in [0.15, 0.2) is 29.1 Å². The van der Waals surface area contributed by atoms with Gasteiger partial charge in [0, 0.05) is 23.3 Å². The lowest BCUT2D eigenvalue weighted by atomic mass is 9.97. The van der Waals surface area contributed by atoms with Gasteiger partial charge in [-0.15, -0.1) is 0 Å². The maximum atomic E-state index is 14.8. The minimum atomic E-state index is -4.60. The molecular formula is C26H14F8O. The number of alkyl halides is 2. The van der Waals surface area contributed by atoms with Gasteiger partial charge in [-0.2, -0.15) is 8.78 Å². The van der Waals surface area contributed by atoms with Crippen molar-refractivity contribution in [3.63, 3.8) is 0 Å². The first-order valence-electron chi connectivity index (χ1n) is 10.0. The average molecular weight is 494 g/mol. The van der Waals surface area contributed by atoms with Gasteiger partial charge in [-0.1, -0.05) is 48.0 Å². The van der Waals surface area contributed by atoms with Crippen LogP contribution in [0, 0.1) is 41.8 Å². The van der Waals surface area contributed by atoms with E-state index in [0.29, 0.717) is 17.2 Å². The molecule has 4 rings (SSSR count). The highest BCUT2D eigenvalue weighted by molar-refractivity contribution is 5.72. The predicted octanol–water partition coefficient (Wildman–Crippen LogP) is 8.29. The third-order valence-corrected chi connectivity index (χ3v) is 5.24. The van der Waals surface area contributed by atoms with Gasteiger partial charge >= 0.3 is 6.11 Å². The Labute approximate surface area is 194 Å². The summed E-state index contributed by atoms with van der Waals surface area (Å²) < 4.78 is 117. The van der Waals surface area contributed by atoms with Crippen LogP contribution in [0.15, 0.2) is 66.7 Å². The Hall–Kier alpha value is -3.88. The van der Waals surface area contributed by atoms with Crippen molar-refractivity contribution in [2.24, 2.45) is 0 Å². The molecule has 0 aliphatic rings. The quantitative estimate of drug-likeness (QED) is 0.200. The smallest absolute Gasteiger partial charge is 0.429 e. The molecule has 0 saturated carbocycles. The zero-order chi connectivity index (χ0) is 25.5. The monoisotopic (exact) mass is 494 g/mol. The Morgan fingerprint density at radius 3 is 1.74 bits per heavy atom. The molecule has 0 heterocycles. The lowest BCUT2D eigenvalue weighted by Gasteiger charge is -2.20. The van der Waals surface area contributed by atoms with E-state index in [1.54, 1.807) is 12.1 Å². The molecule has 180 valence electrons. The summed E-state index contributed by atoms with van der Waals surface area (Å²) in [6, 6.07) is 12.3. The molecule has 9 heteroatoms. The standard InChI is InChI=1S/C26H14F8O/c1-13-2-4-14(5-3-13)15-6-7-17(20(27)10-15)18-8-9-19(24(31)23(18)30)26(33,34)35-16-11-21(28)25(32)22(29)12-16/h2-12H,1H3. The van der Waals surface area contributed by atoms with E-state index in [2.05, 4.69) is 4.74 Å². The first kappa shape index (κ1) is 24.3. The summed E-state index contributed by atoms with van der Waals surface area (Å²) in [6.07, 6.45) is -4.60. The Balaban J connectivity index is 1.67. The molecule has 0 amide bonds. The fourth-order valence-electron chi connectivity index (χ4n) is 3.44. The van der Waals surface area contributed by atoms with Crippen LogP contribution in [0.4, 0.5) is 35.1 Å². The third-order valence-electron chi connectivity index (χ3n) is 5.24. The van der Waals surface area contributed by atoms with Gasteiger partial charge in [-0.05, 0) is 30.2 Å². The van der Waals surface area contributed by atoms with Crippen molar-refractivity contribution in [2.75, 3.05) is 0 Å². The fourth-order valence-corrected chi connectivity index (χ4v) is 3.44. The van der Waals surface area contributed by atoms with Crippen LogP contribution >= 0.6 is 0 Å². The topological polar surface area (TPSA) is 9.23 Å². The molecule has 0 aliphatic heterocycles. The minimum absolute atomic E-state index is 0.125. The number of hydrogen-bond donors (Lipinski definition) is 0. The highest BCUT2D eigenvalue weighted by Gasteiger charge is 2.40. The van der Waals surface area contributed by atoms with Crippen LogP contribution in [-0.2, 0) is 6.11 Å². The Morgan fingerprint density at radius 2 is 1.14 bits per heavy atom. The number of rotatable bonds is 5. The van der Waals surface area contributed by atoms with Crippen molar-refractivity contribution in [3.8, 4) is 28.0 Å². The summed E-state index contributed by atoms with van der Waals surface area (Å²) in [5, 5.41) is 0. The zero-order valence-electron chi connectivity index (χ0n) is 17.8. The third kappa shape index (κ3) is 4.71. The summed E-state index contributed by atoms with van der Waals surface area (Å²) in [5.74, 6) is -11.5. The fraction of sp³-hybridized carbons (Fsp3) is 0.0769. The molecule has 0 spiro atoms. The lowest BCUT2D eigenvalue weighted by molar-refractivity contribution is -0.187. The molecule has 4 aromatic carbocycles. The molecular weight excluding hydrogens is 480 g/mol. The maximum absolute atomic E-state index is 14.8. The molecule has 0 atom stereocenters. The highest BCUT2D eigenvalue weighted by Crippen LogP contribution is 2.38. The van der Waals surface area contributed by atoms with E-state index in [1.165, 1.54) is 12.1 Å². The summed E-state index contributed by atoms with van der Waals surface area (Å²) in [7, 11) is 0. The maximum Gasteiger partial charge on any atom is 0.429 e. The second-order valence-corrected chi connectivity index (χ2v) is 7.67. The first-order chi connectivity index (χ1) is 16.5. The molecule has 1 nitrogen and oxygen atoms in total. The van der Waals surface area contributed by atoms with E-state index >= 15 is 0 Å². The second-order valence-electron chi connectivity index (χ2n) is 7.67. The van der Waals surface area contributed by atoms with Crippen molar-refractivity contribution < 1.29 is 39.9 Å². The molecule has 0 aromatic heterocycles. The zero-order valence-corrected chi connectivity index (χ0v) is 17.8. The van der Waals surface area contributed by atoms with Gasteiger partial charge < -0.3 is 4.74 Å². The van der Waals surface area contributed by atoms with Gasteiger partial charge in [-0.25, -0.2) is 26.3 Å². The van der Waals surface area contributed by atoms with E-state index in [-0.39, 0.29) is 17.7 Å².